The molecule has 0 aliphatic carbocycles. The molecule has 154 valence electrons. The van der Waals surface area contributed by atoms with Gasteiger partial charge in [0.2, 0.25) is 0 Å². The molecule has 0 aliphatic rings. The molecule has 0 unspecified atom stereocenters. The summed E-state index contributed by atoms with van der Waals surface area (Å²) in [6, 6.07) is 24.0. The van der Waals surface area contributed by atoms with Crippen LogP contribution in [0.1, 0.15) is 12.8 Å². The van der Waals surface area contributed by atoms with E-state index in [4.69, 9.17) is 19.2 Å². The van der Waals surface area contributed by atoms with Crippen LogP contribution in [0.25, 0.3) is 22.4 Å². The summed E-state index contributed by atoms with van der Waals surface area (Å²) in [5.74, 6) is 3.46. The maximum Gasteiger partial charge on any atom is 0.141 e. The summed E-state index contributed by atoms with van der Waals surface area (Å²) in [5.41, 5.74) is 3.24. The molecule has 0 saturated carbocycles. The average molecular weight is 402 g/mol. The molecule has 5 heteroatoms. The lowest BCUT2D eigenvalue weighted by Gasteiger charge is -2.11. The number of para-hydroxylation sites is 2. The fourth-order valence-electron chi connectivity index (χ4n) is 3.52. The predicted octanol–water partition coefficient (Wildman–Crippen LogP) is 5.58. The van der Waals surface area contributed by atoms with Gasteiger partial charge < -0.3 is 18.8 Å². The van der Waals surface area contributed by atoms with Gasteiger partial charge in [0, 0.05) is 18.2 Å². The van der Waals surface area contributed by atoms with Gasteiger partial charge >= 0.3 is 0 Å². The van der Waals surface area contributed by atoms with E-state index >= 15 is 0 Å². The molecule has 4 aromatic rings. The molecule has 4 rings (SSSR count). The first-order valence-corrected chi connectivity index (χ1v) is 10.1. The third-order valence-electron chi connectivity index (χ3n) is 5.09. The lowest BCUT2D eigenvalue weighted by atomic mass is 10.2. The Bertz CT molecular complexity index is 1100. The van der Waals surface area contributed by atoms with Crippen molar-refractivity contribution in [3.63, 3.8) is 0 Å². The average Bonchev–Trinajstić information content (AvgIpc) is 3.17. The first kappa shape index (κ1) is 19.8. The Morgan fingerprint density at radius 2 is 1.53 bits per heavy atom. The Morgan fingerprint density at radius 1 is 0.767 bits per heavy atom. The topological polar surface area (TPSA) is 45.5 Å². The third kappa shape index (κ3) is 4.40. The molecular formula is C25H26N2O3. The normalized spacial score (nSPS) is 10.9. The highest BCUT2D eigenvalue weighted by Crippen LogP contribution is 2.27. The summed E-state index contributed by atoms with van der Waals surface area (Å²) in [6.45, 7) is 1.54. The smallest absolute Gasteiger partial charge is 0.141 e. The van der Waals surface area contributed by atoms with Gasteiger partial charge in [-0.05, 0) is 61.4 Å². The molecule has 5 nitrogen and oxygen atoms in total. The van der Waals surface area contributed by atoms with Crippen LogP contribution in [0, 0.1) is 0 Å². The molecule has 0 atom stereocenters. The second-order valence-electron chi connectivity index (χ2n) is 7.04. The van der Waals surface area contributed by atoms with Crippen LogP contribution >= 0.6 is 0 Å². The predicted molar refractivity (Wildman–Crippen MR) is 119 cm³/mol. The zero-order valence-electron chi connectivity index (χ0n) is 17.4. The van der Waals surface area contributed by atoms with Crippen molar-refractivity contribution in [1.29, 1.82) is 0 Å². The van der Waals surface area contributed by atoms with Crippen LogP contribution in [0.2, 0.25) is 0 Å². The van der Waals surface area contributed by atoms with E-state index in [0.29, 0.717) is 6.61 Å². The van der Waals surface area contributed by atoms with Crippen molar-refractivity contribution >= 4 is 11.0 Å². The lowest BCUT2D eigenvalue weighted by molar-refractivity contribution is 0.301. The second-order valence-corrected chi connectivity index (χ2v) is 7.04. The Hall–Kier alpha value is -3.47. The highest BCUT2D eigenvalue weighted by molar-refractivity contribution is 5.80. The number of benzene rings is 3. The summed E-state index contributed by atoms with van der Waals surface area (Å²) >= 11 is 0. The van der Waals surface area contributed by atoms with Crippen molar-refractivity contribution < 1.29 is 14.2 Å². The van der Waals surface area contributed by atoms with E-state index < -0.39 is 0 Å². The monoisotopic (exact) mass is 402 g/mol. The van der Waals surface area contributed by atoms with Gasteiger partial charge in [-0.15, -0.1) is 0 Å². The first-order chi connectivity index (χ1) is 14.8. The SMILES string of the molecule is COc1ccc(-c2nc3ccccc3n2CCCCOc2cccc(OC)c2)cc1. The van der Waals surface area contributed by atoms with Gasteiger partial charge in [-0.1, -0.05) is 18.2 Å². The van der Waals surface area contributed by atoms with Crippen LogP contribution in [0.3, 0.4) is 0 Å². The fraction of sp³-hybridized carbons (Fsp3) is 0.240. The highest BCUT2D eigenvalue weighted by Gasteiger charge is 2.12. The standard InChI is InChI=1S/C25H26N2O3/c1-28-20-14-12-19(13-15-20)25-26-23-10-3-4-11-24(23)27(25)16-5-6-17-30-22-9-7-8-21(18-22)29-2/h3-4,7-15,18H,5-6,16-17H2,1-2H3. The minimum absolute atomic E-state index is 0.664. The number of ether oxygens (including phenoxy) is 3. The highest BCUT2D eigenvalue weighted by atomic mass is 16.5. The van der Waals surface area contributed by atoms with Crippen LogP contribution in [0.4, 0.5) is 0 Å². The number of methoxy groups -OCH3 is 2. The Morgan fingerprint density at radius 3 is 2.33 bits per heavy atom. The van der Waals surface area contributed by atoms with E-state index in [2.05, 4.69) is 34.9 Å². The van der Waals surface area contributed by atoms with Gasteiger partial charge in [0.1, 0.15) is 23.1 Å². The molecule has 0 fully saturated rings. The van der Waals surface area contributed by atoms with Crippen LogP contribution in [0.5, 0.6) is 17.2 Å². The van der Waals surface area contributed by atoms with Crippen molar-refractivity contribution in [2.45, 2.75) is 19.4 Å². The molecule has 0 radical (unpaired) electrons. The largest absolute Gasteiger partial charge is 0.497 e. The number of nitrogens with zero attached hydrogens (tertiary/aromatic N) is 2. The Labute approximate surface area is 176 Å². The molecule has 0 saturated heterocycles. The number of rotatable bonds is 9. The van der Waals surface area contributed by atoms with Crippen molar-refractivity contribution in [3.05, 3.63) is 72.8 Å². The first-order valence-electron chi connectivity index (χ1n) is 10.1. The van der Waals surface area contributed by atoms with Crippen LogP contribution in [0.15, 0.2) is 72.8 Å². The van der Waals surface area contributed by atoms with Crippen molar-refractivity contribution in [1.82, 2.24) is 9.55 Å². The number of aromatic nitrogens is 2. The maximum absolute atomic E-state index is 5.88. The molecule has 3 aromatic carbocycles. The molecular weight excluding hydrogens is 376 g/mol. The zero-order chi connectivity index (χ0) is 20.8. The number of unbranched alkanes of at least 4 members (excludes halogenated alkanes) is 1. The van der Waals surface area contributed by atoms with Gasteiger partial charge in [-0.2, -0.15) is 0 Å². The molecule has 30 heavy (non-hydrogen) atoms. The number of imidazole rings is 1. The number of hydrogen-bond donors (Lipinski definition) is 0. The number of fused-ring (bicyclic) bond motifs is 1. The third-order valence-corrected chi connectivity index (χ3v) is 5.09. The summed E-state index contributed by atoms with van der Waals surface area (Å²) in [5, 5.41) is 0. The summed E-state index contributed by atoms with van der Waals surface area (Å²) in [4.78, 5) is 4.88. The second kappa shape index (κ2) is 9.35. The number of aryl methyl sites for hydroxylation is 1. The Kier molecular flexibility index (Phi) is 6.18. The molecule has 0 N–H and O–H groups in total. The van der Waals surface area contributed by atoms with Gasteiger partial charge in [-0.25, -0.2) is 4.98 Å². The van der Waals surface area contributed by atoms with E-state index in [9.17, 15) is 0 Å². The molecule has 1 heterocycles. The van der Waals surface area contributed by atoms with Crippen LogP contribution in [-0.2, 0) is 6.54 Å². The van der Waals surface area contributed by atoms with E-state index in [-0.39, 0.29) is 0 Å². The number of hydrogen-bond acceptors (Lipinski definition) is 4. The van der Waals surface area contributed by atoms with E-state index in [1.807, 2.05) is 42.5 Å². The van der Waals surface area contributed by atoms with E-state index in [1.165, 1.54) is 0 Å². The quantitative estimate of drug-likeness (QED) is 0.343. The van der Waals surface area contributed by atoms with Gasteiger partial charge in [0.15, 0.2) is 0 Å². The molecule has 0 bridgehead atoms. The fourth-order valence-corrected chi connectivity index (χ4v) is 3.52. The molecule has 0 aliphatic heterocycles. The molecule has 1 aromatic heterocycles. The minimum Gasteiger partial charge on any atom is -0.497 e. The molecule has 0 amide bonds. The van der Waals surface area contributed by atoms with Gasteiger partial charge in [0.25, 0.3) is 0 Å². The van der Waals surface area contributed by atoms with Gasteiger partial charge in [-0.3, -0.25) is 0 Å². The molecule has 0 spiro atoms. The van der Waals surface area contributed by atoms with Crippen LogP contribution in [-0.4, -0.2) is 30.4 Å². The summed E-state index contributed by atoms with van der Waals surface area (Å²) < 4.78 is 18.7. The van der Waals surface area contributed by atoms with Crippen molar-refractivity contribution in [3.8, 4) is 28.6 Å². The summed E-state index contributed by atoms with van der Waals surface area (Å²) in [6.07, 6.45) is 1.94. The van der Waals surface area contributed by atoms with Gasteiger partial charge in [0.05, 0.1) is 31.9 Å². The zero-order valence-corrected chi connectivity index (χ0v) is 17.4. The lowest BCUT2D eigenvalue weighted by Crippen LogP contribution is -2.04. The minimum atomic E-state index is 0.664. The van der Waals surface area contributed by atoms with E-state index in [0.717, 1.165) is 59.1 Å². The summed E-state index contributed by atoms with van der Waals surface area (Å²) in [7, 11) is 3.34. The van der Waals surface area contributed by atoms with E-state index in [1.54, 1.807) is 14.2 Å². The van der Waals surface area contributed by atoms with Crippen molar-refractivity contribution in [2.75, 3.05) is 20.8 Å². The Balaban J connectivity index is 1.45. The maximum atomic E-state index is 5.88. The van der Waals surface area contributed by atoms with Crippen LogP contribution < -0.4 is 14.2 Å². The van der Waals surface area contributed by atoms with Crippen molar-refractivity contribution in [2.24, 2.45) is 0 Å².